The fourth-order valence-corrected chi connectivity index (χ4v) is 4.13. The molecule has 0 amide bonds. The molecule has 0 saturated carbocycles. The Bertz CT molecular complexity index is 1160. The molecule has 33 heavy (non-hydrogen) atoms. The molecule has 0 atom stereocenters. The van der Waals surface area contributed by atoms with E-state index in [1.165, 1.54) is 5.56 Å². The molecule has 0 N–H and O–H groups in total. The van der Waals surface area contributed by atoms with Gasteiger partial charge in [0.25, 0.3) is 0 Å². The van der Waals surface area contributed by atoms with E-state index in [4.69, 9.17) is 9.47 Å². The van der Waals surface area contributed by atoms with Crippen molar-refractivity contribution < 1.29 is 14.3 Å². The van der Waals surface area contributed by atoms with Crippen LogP contribution in [0.5, 0.6) is 11.5 Å². The lowest BCUT2D eigenvalue weighted by Crippen LogP contribution is -2.18. The molecule has 0 aromatic heterocycles. The van der Waals surface area contributed by atoms with Gasteiger partial charge in [-0.15, -0.1) is 0 Å². The van der Waals surface area contributed by atoms with Gasteiger partial charge in [0.15, 0.2) is 0 Å². The third-order valence-electron chi connectivity index (χ3n) is 5.91. The van der Waals surface area contributed by atoms with Crippen LogP contribution in [0.2, 0.25) is 0 Å². The predicted octanol–water partition coefficient (Wildman–Crippen LogP) is 7.79. The molecular weight excluding hydrogens is 408 g/mol. The molecule has 0 spiro atoms. The number of esters is 1. The first kappa shape index (κ1) is 24.6. The average molecular weight is 445 g/mol. The normalized spacial score (nSPS) is 11.9. The Morgan fingerprint density at radius 2 is 1.15 bits per heavy atom. The third kappa shape index (κ3) is 5.30. The van der Waals surface area contributed by atoms with Crippen molar-refractivity contribution in [3.8, 4) is 22.6 Å². The van der Waals surface area contributed by atoms with Gasteiger partial charge in [-0.05, 0) is 83.3 Å². The quantitative estimate of drug-likeness (QED) is 0.304. The number of aryl methyl sites for hydroxylation is 2. The standard InChI is InChI=1S/C30H36O3/c1-19-15-22(17-24(26(19)32-9)29(3,4)5)23-16-20(2)27(25(18-23)30(6,7)8)33-28(31)21-13-11-10-12-14-21/h10-18H,1-9H3. The maximum atomic E-state index is 12.8. The van der Waals surface area contributed by atoms with Crippen molar-refractivity contribution in [3.05, 3.63) is 82.4 Å². The average Bonchev–Trinajstić information content (AvgIpc) is 2.73. The van der Waals surface area contributed by atoms with Gasteiger partial charge < -0.3 is 9.47 Å². The van der Waals surface area contributed by atoms with Crippen LogP contribution in [0.15, 0.2) is 54.6 Å². The van der Waals surface area contributed by atoms with E-state index in [1.54, 1.807) is 19.2 Å². The van der Waals surface area contributed by atoms with E-state index >= 15 is 0 Å². The van der Waals surface area contributed by atoms with Gasteiger partial charge in [0.2, 0.25) is 0 Å². The van der Waals surface area contributed by atoms with E-state index in [0.29, 0.717) is 11.3 Å². The van der Waals surface area contributed by atoms with E-state index in [0.717, 1.165) is 33.6 Å². The van der Waals surface area contributed by atoms with Crippen molar-refractivity contribution in [3.63, 3.8) is 0 Å². The number of benzene rings is 3. The number of carbonyl (C=O) groups excluding carboxylic acids is 1. The Balaban J connectivity index is 2.16. The predicted molar refractivity (Wildman–Crippen MR) is 137 cm³/mol. The van der Waals surface area contributed by atoms with Gasteiger partial charge in [-0.3, -0.25) is 0 Å². The zero-order valence-electron chi connectivity index (χ0n) is 21.4. The minimum atomic E-state index is -0.340. The fourth-order valence-electron chi connectivity index (χ4n) is 4.13. The molecule has 0 aliphatic rings. The zero-order chi connectivity index (χ0) is 24.6. The highest BCUT2D eigenvalue weighted by Crippen LogP contribution is 2.41. The second-order valence-corrected chi connectivity index (χ2v) is 10.8. The Hall–Kier alpha value is -3.07. The van der Waals surface area contributed by atoms with Crippen molar-refractivity contribution in [2.24, 2.45) is 0 Å². The zero-order valence-corrected chi connectivity index (χ0v) is 21.4. The lowest BCUT2D eigenvalue weighted by Gasteiger charge is -2.27. The molecule has 0 radical (unpaired) electrons. The highest BCUT2D eigenvalue weighted by atomic mass is 16.5. The SMILES string of the molecule is COc1c(C)cc(-c2cc(C)c(OC(=O)c3ccccc3)c(C(C)(C)C)c2)cc1C(C)(C)C. The van der Waals surface area contributed by atoms with Gasteiger partial charge in [0.05, 0.1) is 12.7 Å². The van der Waals surface area contributed by atoms with E-state index in [9.17, 15) is 4.79 Å². The topological polar surface area (TPSA) is 35.5 Å². The molecule has 0 saturated heterocycles. The third-order valence-corrected chi connectivity index (χ3v) is 5.91. The summed E-state index contributed by atoms with van der Waals surface area (Å²) in [4.78, 5) is 12.8. The monoisotopic (exact) mass is 444 g/mol. The summed E-state index contributed by atoms with van der Waals surface area (Å²) in [6.45, 7) is 17.1. The van der Waals surface area contributed by atoms with Crippen LogP contribution in [0.1, 0.15) is 74.2 Å². The summed E-state index contributed by atoms with van der Waals surface area (Å²) < 4.78 is 11.7. The lowest BCUT2D eigenvalue weighted by molar-refractivity contribution is 0.0730. The number of hydrogen-bond donors (Lipinski definition) is 0. The van der Waals surface area contributed by atoms with Crippen LogP contribution in [0, 0.1) is 13.8 Å². The molecule has 174 valence electrons. The molecule has 0 fully saturated rings. The van der Waals surface area contributed by atoms with E-state index < -0.39 is 0 Å². The van der Waals surface area contributed by atoms with Crippen LogP contribution >= 0.6 is 0 Å². The molecule has 3 rings (SSSR count). The molecule has 3 aromatic carbocycles. The number of methoxy groups -OCH3 is 1. The first-order chi connectivity index (χ1) is 15.3. The number of carbonyl (C=O) groups is 1. The van der Waals surface area contributed by atoms with E-state index in [-0.39, 0.29) is 16.8 Å². The van der Waals surface area contributed by atoms with Gasteiger partial charge in [0.1, 0.15) is 11.5 Å². The van der Waals surface area contributed by atoms with Gasteiger partial charge >= 0.3 is 5.97 Å². The van der Waals surface area contributed by atoms with Crippen molar-refractivity contribution in [1.29, 1.82) is 0 Å². The van der Waals surface area contributed by atoms with Crippen LogP contribution in [-0.4, -0.2) is 13.1 Å². The van der Waals surface area contributed by atoms with Gasteiger partial charge in [-0.2, -0.15) is 0 Å². The highest BCUT2D eigenvalue weighted by molar-refractivity contribution is 5.91. The van der Waals surface area contributed by atoms with Crippen LogP contribution < -0.4 is 9.47 Å². The summed E-state index contributed by atoms with van der Waals surface area (Å²) in [5.74, 6) is 1.24. The number of hydrogen-bond acceptors (Lipinski definition) is 3. The summed E-state index contributed by atoms with van der Waals surface area (Å²) in [5, 5.41) is 0. The van der Waals surface area contributed by atoms with Crippen LogP contribution in [0.25, 0.3) is 11.1 Å². The largest absolute Gasteiger partial charge is 0.496 e. The molecule has 0 bridgehead atoms. The van der Waals surface area contributed by atoms with Crippen LogP contribution in [0.4, 0.5) is 0 Å². The Morgan fingerprint density at radius 1 is 0.697 bits per heavy atom. The van der Waals surface area contributed by atoms with Gasteiger partial charge in [-0.1, -0.05) is 59.7 Å². The summed E-state index contributed by atoms with van der Waals surface area (Å²) in [6.07, 6.45) is 0. The first-order valence-corrected chi connectivity index (χ1v) is 11.4. The summed E-state index contributed by atoms with van der Waals surface area (Å²) >= 11 is 0. The van der Waals surface area contributed by atoms with Gasteiger partial charge in [0, 0.05) is 11.1 Å². The molecule has 3 aromatic rings. The molecule has 0 aliphatic heterocycles. The minimum Gasteiger partial charge on any atom is -0.496 e. The van der Waals surface area contributed by atoms with Crippen molar-refractivity contribution in [2.75, 3.05) is 7.11 Å². The van der Waals surface area contributed by atoms with Crippen molar-refractivity contribution in [2.45, 2.75) is 66.2 Å². The number of ether oxygens (including phenoxy) is 2. The Labute approximate surface area is 198 Å². The molecule has 0 aliphatic carbocycles. The fraction of sp³-hybridized carbons (Fsp3) is 0.367. The van der Waals surface area contributed by atoms with Crippen molar-refractivity contribution >= 4 is 5.97 Å². The Morgan fingerprint density at radius 3 is 1.61 bits per heavy atom. The van der Waals surface area contributed by atoms with E-state index in [1.807, 2.05) is 25.1 Å². The Kier molecular flexibility index (Phi) is 6.74. The molecule has 3 heteroatoms. The molecule has 3 nitrogen and oxygen atoms in total. The molecule has 0 unspecified atom stereocenters. The van der Waals surface area contributed by atoms with E-state index in [2.05, 4.69) is 72.7 Å². The second kappa shape index (κ2) is 9.05. The molecule has 0 heterocycles. The summed E-state index contributed by atoms with van der Waals surface area (Å²) in [7, 11) is 1.73. The smallest absolute Gasteiger partial charge is 0.343 e. The maximum Gasteiger partial charge on any atom is 0.343 e. The minimum absolute atomic E-state index is 0.0564. The maximum absolute atomic E-state index is 12.8. The molecular formula is C30H36O3. The summed E-state index contributed by atoms with van der Waals surface area (Å²) in [5.41, 5.74) is 6.74. The van der Waals surface area contributed by atoms with Crippen LogP contribution in [-0.2, 0) is 10.8 Å². The lowest BCUT2D eigenvalue weighted by atomic mass is 9.81. The number of rotatable bonds is 4. The second-order valence-electron chi connectivity index (χ2n) is 10.8. The summed E-state index contributed by atoms with van der Waals surface area (Å²) in [6, 6.07) is 17.8. The first-order valence-electron chi connectivity index (χ1n) is 11.4. The van der Waals surface area contributed by atoms with Gasteiger partial charge in [-0.25, -0.2) is 4.79 Å². The van der Waals surface area contributed by atoms with Crippen LogP contribution in [0.3, 0.4) is 0 Å². The van der Waals surface area contributed by atoms with Crippen molar-refractivity contribution in [1.82, 2.24) is 0 Å². The highest BCUT2D eigenvalue weighted by Gasteiger charge is 2.26.